The van der Waals surface area contributed by atoms with Gasteiger partial charge in [-0.15, -0.1) is 11.6 Å². The van der Waals surface area contributed by atoms with Crippen LogP contribution in [0.25, 0.3) is 0 Å². The third-order valence-electron chi connectivity index (χ3n) is 3.08. The van der Waals surface area contributed by atoms with Gasteiger partial charge in [0.05, 0.1) is 27.5 Å². The van der Waals surface area contributed by atoms with E-state index in [1.54, 1.807) is 25.1 Å². The molecule has 1 aliphatic rings. The van der Waals surface area contributed by atoms with Gasteiger partial charge in [0.15, 0.2) is 0 Å². The summed E-state index contributed by atoms with van der Waals surface area (Å²) in [4.78, 5) is 23.9. The zero-order chi connectivity index (χ0) is 16.3. The lowest BCUT2D eigenvalue weighted by atomic mass is 9.95. The number of carbonyl (C=O) groups is 2. The summed E-state index contributed by atoms with van der Waals surface area (Å²) in [6.45, 7) is 1.71. The number of alkyl halides is 1. The van der Waals surface area contributed by atoms with Crippen molar-refractivity contribution in [3.63, 3.8) is 0 Å². The number of carbonyl (C=O) groups excluding carboxylic acids is 2. The first-order chi connectivity index (χ1) is 10.4. The van der Waals surface area contributed by atoms with Gasteiger partial charge in [-0.25, -0.2) is 9.59 Å². The van der Waals surface area contributed by atoms with E-state index in [-0.39, 0.29) is 12.5 Å². The number of nitrogens with one attached hydrogen (secondary N) is 2. The summed E-state index contributed by atoms with van der Waals surface area (Å²) in [6, 6.07) is 3.80. The van der Waals surface area contributed by atoms with E-state index in [4.69, 9.17) is 39.5 Å². The van der Waals surface area contributed by atoms with Crippen molar-refractivity contribution in [3.8, 4) is 0 Å². The van der Waals surface area contributed by atoms with Gasteiger partial charge in [0, 0.05) is 5.70 Å². The molecule has 0 saturated heterocycles. The Morgan fingerprint density at radius 3 is 2.68 bits per heavy atom. The first-order valence-electron chi connectivity index (χ1n) is 6.40. The average Bonchev–Trinajstić information content (AvgIpc) is 2.46. The monoisotopic (exact) mass is 362 g/mol. The lowest BCUT2D eigenvalue weighted by molar-refractivity contribution is -0.139. The van der Waals surface area contributed by atoms with E-state index < -0.39 is 18.0 Å². The maximum Gasteiger partial charge on any atom is 0.338 e. The SMILES string of the molecule is CC1=C(C(=O)OCCCl)[C@@H](c2ccc(Cl)c(Cl)c2)NC(=O)N1. The minimum Gasteiger partial charge on any atom is -0.461 e. The first kappa shape index (κ1) is 16.9. The Morgan fingerprint density at radius 2 is 2.05 bits per heavy atom. The van der Waals surface area contributed by atoms with Gasteiger partial charge >= 0.3 is 12.0 Å². The van der Waals surface area contributed by atoms with Gasteiger partial charge in [-0.2, -0.15) is 0 Å². The molecule has 5 nitrogen and oxygen atoms in total. The molecule has 8 heteroatoms. The minimum atomic E-state index is -0.675. The predicted octanol–water partition coefficient (Wildman–Crippen LogP) is 3.40. The van der Waals surface area contributed by atoms with Gasteiger partial charge in [0.2, 0.25) is 0 Å². The summed E-state index contributed by atoms with van der Waals surface area (Å²) in [5, 5.41) is 5.94. The van der Waals surface area contributed by atoms with Crippen LogP contribution < -0.4 is 10.6 Å². The highest BCUT2D eigenvalue weighted by Crippen LogP contribution is 2.31. The lowest BCUT2D eigenvalue weighted by Gasteiger charge is -2.28. The topological polar surface area (TPSA) is 67.4 Å². The van der Waals surface area contributed by atoms with Crippen LogP contribution in [-0.2, 0) is 9.53 Å². The number of hydrogen-bond donors (Lipinski definition) is 2. The molecule has 0 aromatic heterocycles. The molecule has 1 aromatic rings. The van der Waals surface area contributed by atoms with E-state index >= 15 is 0 Å². The maximum atomic E-state index is 12.2. The van der Waals surface area contributed by atoms with Crippen LogP contribution in [0.3, 0.4) is 0 Å². The molecular formula is C14H13Cl3N2O3. The summed E-state index contributed by atoms with van der Waals surface area (Å²) >= 11 is 17.4. The van der Waals surface area contributed by atoms with Crippen molar-refractivity contribution in [2.24, 2.45) is 0 Å². The molecular weight excluding hydrogens is 351 g/mol. The highest BCUT2D eigenvalue weighted by molar-refractivity contribution is 6.42. The zero-order valence-electron chi connectivity index (χ0n) is 11.6. The summed E-state index contributed by atoms with van der Waals surface area (Å²) in [5.41, 5.74) is 1.34. The van der Waals surface area contributed by atoms with Crippen molar-refractivity contribution in [2.75, 3.05) is 12.5 Å². The van der Waals surface area contributed by atoms with Gasteiger partial charge in [-0.1, -0.05) is 29.3 Å². The largest absolute Gasteiger partial charge is 0.461 e. The zero-order valence-corrected chi connectivity index (χ0v) is 13.9. The standard InChI is InChI=1S/C14H13Cl3N2O3/c1-7-11(13(20)22-5-4-15)12(19-14(21)18-7)8-2-3-9(16)10(17)6-8/h2-3,6,12H,4-5H2,1H3,(H2,18,19,21)/t12-/m1/s1. The van der Waals surface area contributed by atoms with Crippen molar-refractivity contribution in [3.05, 3.63) is 45.1 Å². The molecule has 0 bridgehead atoms. The number of esters is 1. The summed E-state index contributed by atoms with van der Waals surface area (Å²) in [6.07, 6.45) is 0. The normalized spacial score (nSPS) is 17.8. The van der Waals surface area contributed by atoms with E-state index in [0.29, 0.717) is 26.9 Å². The van der Waals surface area contributed by atoms with Gasteiger partial charge in [-0.3, -0.25) is 0 Å². The van der Waals surface area contributed by atoms with E-state index in [2.05, 4.69) is 10.6 Å². The second kappa shape index (κ2) is 7.22. The van der Waals surface area contributed by atoms with Gasteiger partial charge < -0.3 is 15.4 Å². The molecule has 0 aliphatic carbocycles. The summed E-state index contributed by atoms with van der Waals surface area (Å²) < 4.78 is 5.06. The van der Waals surface area contributed by atoms with Crippen LogP contribution in [-0.4, -0.2) is 24.5 Å². The third-order valence-corrected chi connectivity index (χ3v) is 3.97. The number of allylic oxidation sites excluding steroid dienone is 1. The molecule has 1 aromatic carbocycles. The van der Waals surface area contributed by atoms with Crippen LogP contribution in [0.2, 0.25) is 10.0 Å². The van der Waals surface area contributed by atoms with E-state index in [1.807, 2.05) is 0 Å². The molecule has 2 N–H and O–H groups in total. The van der Waals surface area contributed by atoms with E-state index in [0.717, 1.165) is 0 Å². The fourth-order valence-corrected chi connectivity index (χ4v) is 2.50. The van der Waals surface area contributed by atoms with Crippen molar-refractivity contribution in [1.82, 2.24) is 10.6 Å². The van der Waals surface area contributed by atoms with Crippen LogP contribution in [0.1, 0.15) is 18.5 Å². The molecule has 22 heavy (non-hydrogen) atoms. The Hall–Kier alpha value is -1.43. The van der Waals surface area contributed by atoms with Crippen LogP contribution >= 0.6 is 34.8 Å². The van der Waals surface area contributed by atoms with Crippen molar-refractivity contribution in [1.29, 1.82) is 0 Å². The van der Waals surface area contributed by atoms with Crippen molar-refractivity contribution >= 4 is 46.8 Å². The summed E-state index contributed by atoms with van der Waals surface area (Å²) in [5.74, 6) is -0.364. The molecule has 2 rings (SSSR count). The molecule has 118 valence electrons. The fraction of sp³-hybridized carbons (Fsp3) is 0.286. The van der Waals surface area contributed by atoms with Gasteiger partial charge in [0.1, 0.15) is 6.61 Å². The molecule has 2 amide bonds. The minimum absolute atomic E-state index is 0.0825. The number of rotatable bonds is 4. The molecule has 1 aliphatic heterocycles. The lowest BCUT2D eigenvalue weighted by Crippen LogP contribution is -2.45. The number of halogens is 3. The van der Waals surface area contributed by atoms with Gasteiger partial charge in [-0.05, 0) is 24.6 Å². The Morgan fingerprint density at radius 1 is 1.32 bits per heavy atom. The van der Waals surface area contributed by atoms with Crippen LogP contribution in [0, 0.1) is 0 Å². The third kappa shape index (κ3) is 3.66. The summed E-state index contributed by atoms with van der Waals surface area (Å²) in [7, 11) is 0. The second-order valence-corrected chi connectivity index (χ2v) is 5.76. The first-order valence-corrected chi connectivity index (χ1v) is 7.69. The molecule has 1 heterocycles. The Balaban J connectivity index is 2.40. The average molecular weight is 364 g/mol. The fourth-order valence-electron chi connectivity index (χ4n) is 2.12. The number of benzene rings is 1. The van der Waals surface area contributed by atoms with Crippen molar-refractivity contribution < 1.29 is 14.3 Å². The smallest absolute Gasteiger partial charge is 0.338 e. The number of amides is 2. The Labute approximate surface area is 142 Å². The number of ether oxygens (including phenoxy) is 1. The molecule has 0 unspecified atom stereocenters. The van der Waals surface area contributed by atoms with E-state index in [9.17, 15) is 9.59 Å². The van der Waals surface area contributed by atoms with Gasteiger partial charge in [0.25, 0.3) is 0 Å². The highest BCUT2D eigenvalue weighted by atomic mass is 35.5. The molecule has 1 atom stereocenters. The van der Waals surface area contributed by atoms with Crippen LogP contribution in [0.5, 0.6) is 0 Å². The Bertz CT molecular complexity index is 646. The van der Waals surface area contributed by atoms with Crippen LogP contribution in [0.15, 0.2) is 29.5 Å². The molecule has 0 spiro atoms. The Kier molecular flexibility index (Phi) is 5.56. The number of urea groups is 1. The molecule has 0 fully saturated rings. The second-order valence-electron chi connectivity index (χ2n) is 4.57. The molecule has 0 saturated carbocycles. The van der Waals surface area contributed by atoms with Crippen LogP contribution in [0.4, 0.5) is 4.79 Å². The van der Waals surface area contributed by atoms with Crippen molar-refractivity contribution in [2.45, 2.75) is 13.0 Å². The predicted molar refractivity (Wildman–Crippen MR) is 85.2 cm³/mol. The quantitative estimate of drug-likeness (QED) is 0.636. The molecule has 0 radical (unpaired) electrons. The maximum absolute atomic E-state index is 12.2. The highest BCUT2D eigenvalue weighted by Gasteiger charge is 2.32. The number of hydrogen-bond acceptors (Lipinski definition) is 3. The van der Waals surface area contributed by atoms with E-state index in [1.165, 1.54) is 0 Å².